The van der Waals surface area contributed by atoms with Crippen LogP contribution in [0.5, 0.6) is 5.75 Å². The second-order valence-corrected chi connectivity index (χ2v) is 6.81. The number of aryl methyl sites for hydroxylation is 1. The fourth-order valence-corrected chi connectivity index (χ4v) is 3.33. The van der Waals surface area contributed by atoms with Gasteiger partial charge in [0.25, 0.3) is 0 Å². The summed E-state index contributed by atoms with van der Waals surface area (Å²) in [4.78, 5) is 24.2. The SMILES string of the molecule is COC(=O)/C=C/c1cccc(C(=O)c2ccc(OC3CCCC3)cc2C)c1. The lowest BCUT2D eigenvalue weighted by Crippen LogP contribution is -2.11. The standard InChI is InChI=1S/C23H24O4/c1-16-14-20(27-19-8-3-4-9-19)11-12-21(16)23(25)18-7-5-6-17(15-18)10-13-22(24)26-2/h5-7,10-15,19H,3-4,8-9H2,1-2H3/b13-10+. The van der Waals surface area contributed by atoms with Gasteiger partial charge in [-0.05, 0) is 74.1 Å². The second kappa shape index (κ2) is 8.67. The Kier molecular flexibility index (Phi) is 6.07. The molecule has 0 radical (unpaired) electrons. The molecule has 27 heavy (non-hydrogen) atoms. The summed E-state index contributed by atoms with van der Waals surface area (Å²) in [5.41, 5.74) is 2.90. The molecular formula is C23H24O4. The Labute approximate surface area is 159 Å². The lowest BCUT2D eigenvalue weighted by atomic mass is 9.97. The topological polar surface area (TPSA) is 52.6 Å². The van der Waals surface area contributed by atoms with Crippen LogP contribution in [0.3, 0.4) is 0 Å². The van der Waals surface area contributed by atoms with E-state index in [-0.39, 0.29) is 5.78 Å². The third kappa shape index (κ3) is 4.85. The lowest BCUT2D eigenvalue weighted by molar-refractivity contribution is -0.134. The van der Waals surface area contributed by atoms with Gasteiger partial charge in [-0.1, -0.05) is 18.2 Å². The third-order valence-electron chi connectivity index (χ3n) is 4.81. The predicted octanol–water partition coefficient (Wildman–Crippen LogP) is 4.73. The van der Waals surface area contributed by atoms with E-state index in [0.29, 0.717) is 17.2 Å². The number of methoxy groups -OCH3 is 1. The van der Waals surface area contributed by atoms with Crippen molar-refractivity contribution in [3.63, 3.8) is 0 Å². The van der Waals surface area contributed by atoms with E-state index in [1.54, 1.807) is 24.3 Å². The molecule has 0 spiro atoms. The highest BCUT2D eigenvalue weighted by atomic mass is 16.5. The van der Waals surface area contributed by atoms with Crippen LogP contribution in [0.15, 0.2) is 48.5 Å². The number of ketones is 1. The molecular weight excluding hydrogens is 340 g/mol. The summed E-state index contributed by atoms with van der Waals surface area (Å²) < 4.78 is 10.6. The quantitative estimate of drug-likeness (QED) is 0.422. The van der Waals surface area contributed by atoms with E-state index in [1.165, 1.54) is 26.0 Å². The van der Waals surface area contributed by atoms with Crippen LogP contribution in [0.4, 0.5) is 0 Å². The Hall–Kier alpha value is -2.88. The monoisotopic (exact) mass is 364 g/mol. The average Bonchev–Trinajstić information content (AvgIpc) is 3.19. The minimum Gasteiger partial charge on any atom is -0.490 e. The van der Waals surface area contributed by atoms with Crippen LogP contribution < -0.4 is 4.74 Å². The summed E-state index contributed by atoms with van der Waals surface area (Å²) >= 11 is 0. The van der Waals surface area contributed by atoms with Gasteiger partial charge in [0, 0.05) is 17.2 Å². The largest absolute Gasteiger partial charge is 0.490 e. The molecule has 3 rings (SSSR count). The van der Waals surface area contributed by atoms with Gasteiger partial charge in [-0.15, -0.1) is 0 Å². The van der Waals surface area contributed by atoms with E-state index in [1.807, 2.05) is 31.2 Å². The van der Waals surface area contributed by atoms with Crippen molar-refractivity contribution < 1.29 is 19.1 Å². The highest BCUT2D eigenvalue weighted by Crippen LogP contribution is 2.26. The van der Waals surface area contributed by atoms with E-state index in [4.69, 9.17) is 4.74 Å². The minimum absolute atomic E-state index is 0.0479. The van der Waals surface area contributed by atoms with Crippen molar-refractivity contribution in [1.29, 1.82) is 0 Å². The first-order valence-electron chi connectivity index (χ1n) is 9.25. The molecule has 1 fully saturated rings. The zero-order valence-electron chi connectivity index (χ0n) is 15.7. The maximum atomic E-state index is 12.9. The molecule has 2 aromatic rings. The summed E-state index contributed by atoms with van der Waals surface area (Å²) in [5.74, 6) is 0.347. The van der Waals surface area contributed by atoms with Gasteiger partial charge in [-0.2, -0.15) is 0 Å². The van der Waals surface area contributed by atoms with Crippen molar-refractivity contribution in [1.82, 2.24) is 0 Å². The molecule has 4 nitrogen and oxygen atoms in total. The number of hydrogen-bond acceptors (Lipinski definition) is 4. The van der Waals surface area contributed by atoms with Gasteiger partial charge in [0.1, 0.15) is 5.75 Å². The molecule has 1 saturated carbocycles. The van der Waals surface area contributed by atoms with Gasteiger partial charge < -0.3 is 9.47 Å². The van der Waals surface area contributed by atoms with Crippen molar-refractivity contribution in [2.75, 3.05) is 7.11 Å². The van der Waals surface area contributed by atoms with Crippen LogP contribution in [-0.4, -0.2) is 25.0 Å². The van der Waals surface area contributed by atoms with E-state index >= 15 is 0 Å². The highest BCUT2D eigenvalue weighted by molar-refractivity contribution is 6.10. The van der Waals surface area contributed by atoms with Gasteiger partial charge >= 0.3 is 5.97 Å². The first-order valence-corrected chi connectivity index (χ1v) is 9.25. The Morgan fingerprint density at radius 1 is 1.07 bits per heavy atom. The Bertz CT molecular complexity index is 860. The molecule has 0 N–H and O–H groups in total. The summed E-state index contributed by atoms with van der Waals surface area (Å²) in [6.07, 6.45) is 7.92. The molecule has 0 aromatic heterocycles. The fourth-order valence-electron chi connectivity index (χ4n) is 3.33. The van der Waals surface area contributed by atoms with Crippen LogP contribution in [-0.2, 0) is 9.53 Å². The molecule has 1 aliphatic rings. The van der Waals surface area contributed by atoms with Crippen molar-refractivity contribution in [2.24, 2.45) is 0 Å². The Morgan fingerprint density at radius 3 is 2.56 bits per heavy atom. The molecule has 1 aliphatic carbocycles. The molecule has 0 unspecified atom stereocenters. The maximum Gasteiger partial charge on any atom is 0.330 e. The van der Waals surface area contributed by atoms with E-state index in [9.17, 15) is 9.59 Å². The number of rotatable bonds is 6. The Morgan fingerprint density at radius 2 is 1.85 bits per heavy atom. The average molecular weight is 364 g/mol. The molecule has 4 heteroatoms. The van der Waals surface area contributed by atoms with Gasteiger partial charge in [-0.3, -0.25) is 4.79 Å². The summed E-state index contributed by atoms with van der Waals surface area (Å²) in [6, 6.07) is 12.8. The van der Waals surface area contributed by atoms with Crippen LogP contribution in [0.1, 0.15) is 52.7 Å². The van der Waals surface area contributed by atoms with Gasteiger partial charge in [-0.25, -0.2) is 4.79 Å². The summed E-state index contributed by atoms with van der Waals surface area (Å²) in [5, 5.41) is 0. The number of hydrogen-bond donors (Lipinski definition) is 0. The summed E-state index contributed by atoms with van der Waals surface area (Å²) in [6.45, 7) is 1.93. The maximum absolute atomic E-state index is 12.9. The van der Waals surface area contributed by atoms with Crippen LogP contribution in [0.25, 0.3) is 6.08 Å². The summed E-state index contributed by atoms with van der Waals surface area (Å²) in [7, 11) is 1.33. The van der Waals surface area contributed by atoms with Gasteiger partial charge in [0.05, 0.1) is 13.2 Å². The van der Waals surface area contributed by atoms with E-state index in [0.717, 1.165) is 29.7 Å². The molecule has 2 aromatic carbocycles. The highest BCUT2D eigenvalue weighted by Gasteiger charge is 2.18. The zero-order valence-corrected chi connectivity index (χ0v) is 15.7. The first kappa shape index (κ1) is 18.9. The molecule has 0 heterocycles. The van der Waals surface area contributed by atoms with Crippen LogP contribution >= 0.6 is 0 Å². The molecule has 0 atom stereocenters. The fraction of sp³-hybridized carbons (Fsp3) is 0.304. The third-order valence-corrected chi connectivity index (χ3v) is 4.81. The molecule has 0 aliphatic heterocycles. The van der Waals surface area contributed by atoms with E-state index < -0.39 is 5.97 Å². The zero-order chi connectivity index (χ0) is 19.2. The number of esters is 1. The van der Waals surface area contributed by atoms with Crippen molar-refractivity contribution in [3.05, 3.63) is 70.8 Å². The van der Waals surface area contributed by atoms with Crippen LogP contribution in [0, 0.1) is 6.92 Å². The molecule has 0 amide bonds. The van der Waals surface area contributed by atoms with Crippen molar-refractivity contribution in [3.8, 4) is 5.75 Å². The van der Waals surface area contributed by atoms with Gasteiger partial charge in [0.2, 0.25) is 0 Å². The van der Waals surface area contributed by atoms with Crippen LogP contribution in [0.2, 0.25) is 0 Å². The van der Waals surface area contributed by atoms with Crippen molar-refractivity contribution >= 4 is 17.8 Å². The first-order chi connectivity index (χ1) is 13.1. The lowest BCUT2D eigenvalue weighted by Gasteiger charge is -2.14. The van der Waals surface area contributed by atoms with Gasteiger partial charge in [0.15, 0.2) is 5.78 Å². The minimum atomic E-state index is -0.430. The number of carbonyl (C=O) groups excluding carboxylic acids is 2. The molecule has 0 bridgehead atoms. The smallest absolute Gasteiger partial charge is 0.330 e. The predicted molar refractivity (Wildman–Crippen MR) is 105 cm³/mol. The second-order valence-electron chi connectivity index (χ2n) is 6.81. The number of ether oxygens (including phenoxy) is 2. The van der Waals surface area contributed by atoms with E-state index in [2.05, 4.69) is 4.74 Å². The normalized spacial score (nSPS) is 14.4. The van der Waals surface area contributed by atoms with Crippen molar-refractivity contribution in [2.45, 2.75) is 38.7 Å². The number of benzene rings is 2. The number of carbonyl (C=O) groups is 2. The molecule has 0 saturated heterocycles. The Balaban J connectivity index is 1.77. The molecule has 140 valence electrons.